The lowest BCUT2D eigenvalue weighted by atomic mass is 10.1. The molecule has 4 nitrogen and oxygen atoms in total. The van der Waals surface area contributed by atoms with Crippen molar-refractivity contribution in [1.82, 2.24) is 4.98 Å². The molecule has 98 valence electrons. The largest absolute Gasteiger partial charge is 0.477 e. The summed E-state index contributed by atoms with van der Waals surface area (Å²) in [6, 6.07) is 12.8. The van der Waals surface area contributed by atoms with E-state index in [1.54, 1.807) is 18.3 Å². The van der Waals surface area contributed by atoms with E-state index in [4.69, 9.17) is 4.74 Å². The van der Waals surface area contributed by atoms with E-state index < -0.39 is 0 Å². The molecule has 0 spiro atoms. The number of rotatable bonds is 5. The van der Waals surface area contributed by atoms with E-state index >= 15 is 0 Å². The first kappa shape index (κ1) is 13.1. The third-order valence-corrected chi connectivity index (χ3v) is 2.65. The molecule has 0 aliphatic carbocycles. The van der Waals surface area contributed by atoms with E-state index in [0.29, 0.717) is 18.1 Å². The summed E-state index contributed by atoms with van der Waals surface area (Å²) < 4.78 is 10.1. The van der Waals surface area contributed by atoms with Crippen LogP contribution in [0.1, 0.15) is 15.9 Å². The number of carbonyl (C=O) groups is 1. The summed E-state index contributed by atoms with van der Waals surface area (Å²) in [4.78, 5) is 15.3. The number of nitrogens with zero attached hydrogens (tertiary/aromatic N) is 1. The van der Waals surface area contributed by atoms with Crippen molar-refractivity contribution >= 4 is 5.97 Å². The first-order valence-corrected chi connectivity index (χ1v) is 6.00. The maximum absolute atomic E-state index is 11.3. The third-order valence-electron chi connectivity index (χ3n) is 2.65. The first-order valence-electron chi connectivity index (χ1n) is 6.00. The highest BCUT2D eigenvalue weighted by atomic mass is 16.5. The van der Waals surface area contributed by atoms with Gasteiger partial charge in [0.05, 0.1) is 19.3 Å². The summed E-state index contributed by atoms with van der Waals surface area (Å²) in [5, 5.41) is 0. The minimum atomic E-state index is -0.323. The molecule has 0 atom stereocenters. The fourth-order valence-corrected chi connectivity index (χ4v) is 1.63. The van der Waals surface area contributed by atoms with E-state index in [-0.39, 0.29) is 5.97 Å². The van der Waals surface area contributed by atoms with E-state index in [0.717, 1.165) is 12.0 Å². The van der Waals surface area contributed by atoms with Gasteiger partial charge in [-0.25, -0.2) is 9.78 Å². The summed E-state index contributed by atoms with van der Waals surface area (Å²) in [5.41, 5.74) is 1.65. The zero-order chi connectivity index (χ0) is 13.5. The number of esters is 1. The van der Waals surface area contributed by atoms with Crippen molar-refractivity contribution in [2.45, 2.75) is 6.42 Å². The Bertz CT molecular complexity index is 523. The number of methoxy groups -OCH3 is 1. The Labute approximate surface area is 112 Å². The molecule has 0 aliphatic heterocycles. The van der Waals surface area contributed by atoms with Crippen molar-refractivity contribution in [1.29, 1.82) is 0 Å². The van der Waals surface area contributed by atoms with Crippen molar-refractivity contribution in [3.8, 4) is 5.88 Å². The second kappa shape index (κ2) is 6.54. The standard InChI is InChI=1S/C15H15NO3/c1-18-15(17)13-7-5-12(6-8-13)9-11-19-14-4-2-3-10-16-14/h2-8,10H,9,11H2,1H3. The topological polar surface area (TPSA) is 48.4 Å². The van der Waals surface area contributed by atoms with Gasteiger partial charge in [-0.1, -0.05) is 18.2 Å². The Morgan fingerprint density at radius 1 is 1.16 bits per heavy atom. The molecule has 0 unspecified atom stereocenters. The monoisotopic (exact) mass is 257 g/mol. The summed E-state index contributed by atoms with van der Waals surface area (Å²) in [5.74, 6) is 0.296. The van der Waals surface area contributed by atoms with E-state index in [9.17, 15) is 4.79 Å². The molecule has 0 saturated carbocycles. The summed E-state index contributed by atoms with van der Waals surface area (Å²) in [7, 11) is 1.37. The Morgan fingerprint density at radius 3 is 2.58 bits per heavy atom. The van der Waals surface area contributed by atoms with Crippen molar-refractivity contribution < 1.29 is 14.3 Å². The number of hydrogen-bond donors (Lipinski definition) is 0. The van der Waals surface area contributed by atoms with Crippen LogP contribution in [-0.2, 0) is 11.2 Å². The highest BCUT2D eigenvalue weighted by molar-refractivity contribution is 5.89. The molecule has 1 aromatic heterocycles. The molecule has 0 radical (unpaired) electrons. The highest BCUT2D eigenvalue weighted by Crippen LogP contribution is 2.08. The SMILES string of the molecule is COC(=O)c1ccc(CCOc2ccccn2)cc1. The van der Waals surface area contributed by atoms with Crippen LogP contribution in [0.3, 0.4) is 0 Å². The second-order valence-corrected chi connectivity index (χ2v) is 3.95. The summed E-state index contributed by atoms with van der Waals surface area (Å²) in [6.45, 7) is 0.550. The van der Waals surface area contributed by atoms with Gasteiger partial charge < -0.3 is 9.47 Å². The van der Waals surface area contributed by atoms with E-state index in [1.807, 2.05) is 30.3 Å². The number of aromatic nitrogens is 1. The first-order chi connectivity index (χ1) is 9.29. The molecule has 0 saturated heterocycles. The number of hydrogen-bond acceptors (Lipinski definition) is 4. The minimum absolute atomic E-state index is 0.323. The Morgan fingerprint density at radius 2 is 1.95 bits per heavy atom. The molecular weight excluding hydrogens is 242 g/mol. The van der Waals surface area contributed by atoms with E-state index in [1.165, 1.54) is 7.11 Å². The number of pyridine rings is 1. The minimum Gasteiger partial charge on any atom is -0.477 e. The molecule has 0 aliphatic rings. The maximum Gasteiger partial charge on any atom is 0.337 e. The molecule has 4 heteroatoms. The average Bonchev–Trinajstić information content (AvgIpc) is 2.48. The summed E-state index contributed by atoms with van der Waals surface area (Å²) in [6.07, 6.45) is 2.46. The van der Waals surface area contributed by atoms with Gasteiger partial charge in [0.15, 0.2) is 0 Å². The molecule has 0 N–H and O–H groups in total. The van der Waals surface area contributed by atoms with Gasteiger partial charge in [0.1, 0.15) is 0 Å². The zero-order valence-corrected chi connectivity index (χ0v) is 10.7. The molecule has 0 fully saturated rings. The fraction of sp³-hybridized carbons (Fsp3) is 0.200. The van der Waals surface area contributed by atoms with Crippen molar-refractivity contribution in [3.05, 3.63) is 59.8 Å². The van der Waals surface area contributed by atoms with Crippen LogP contribution in [-0.4, -0.2) is 24.7 Å². The number of carbonyl (C=O) groups excluding carboxylic acids is 1. The second-order valence-electron chi connectivity index (χ2n) is 3.95. The predicted molar refractivity (Wildman–Crippen MR) is 71.2 cm³/mol. The van der Waals surface area contributed by atoms with Gasteiger partial charge in [-0.15, -0.1) is 0 Å². The molecule has 1 heterocycles. The normalized spacial score (nSPS) is 9.95. The van der Waals surface area contributed by atoms with Crippen LogP contribution < -0.4 is 4.74 Å². The number of benzene rings is 1. The maximum atomic E-state index is 11.3. The Hall–Kier alpha value is -2.36. The predicted octanol–water partition coefficient (Wildman–Crippen LogP) is 2.49. The quantitative estimate of drug-likeness (QED) is 0.772. The van der Waals surface area contributed by atoms with Crippen molar-refractivity contribution in [3.63, 3.8) is 0 Å². The lowest BCUT2D eigenvalue weighted by Crippen LogP contribution is -2.04. The fourth-order valence-electron chi connectivity index (χ4n) is 1.63. The van der Waals surface area contributed by atoms with Gasteiger partial charge >= 0.3 is 5.97 Å². The lowest BCUT2D eigenvalue weighted by molar-refractivity contribution is 0.0600. The molecule has 1 aromatic carbocycles. The average molecular weight is 257 g/mol. The van der Waals surface area contributed by atoms with Crippen LogP contribution in [0.15, 0.2) is 48.7 Å². The van der Waals surface area contributed by atoms with Crippen LogP contribution in [0.5, 0.6) is 5.88 Å². The lowest BCUT2D eigenvalue weighted by Gasteiger charge is -2.05. The molecular formula is C15H15NO3. The molecule has 2 aromatic rings. The Kier molecular flexibility index (Phi) is 4.50. The molecule has 0 bridgehead atoms. The molecule has 0 amide bonds. The van der Waals surface area contributed by atoms with E-state index in [2.05, 4.69) is 9.72 Å². The molecule has 19 heavy (non-hydrogen) atoms. The zero-order valence-electron chi connectivity index (χ0n) is 10.7. The van der Waals surface area contributed by atoms with Crippen molar-refractivity contribution in [2.75, 3.05) is 13.7 Å². The van der Waals surface area contributed by atoms with Gasteiger partial charge in [-0.3, -0.25) is 0 Å². The van der Waals surface area contributed by atoms with Gasteiger partial charge in [0, 0.05) is 18.7 Å². The highest BCUT2D eigenvalue weighted by Gasteiger charge is 2.04. The van der Waals surface area contributed by atoms with Crippen LogP contribution >= 0.6 is 0 Å². The van der Waals surface area contributed by atoms with Crippen LogP contribution in [0.25, 0.3) is 0 Å². The number of ether oxygens (including phenoxy) is 2. The van der Waals surface area contributed by atoms with Gasteiger partial charge in [-0.2, -0.15) is 0 Å². The summed E-state index contributed by atoms with van der Waals surface area (Å²) >= 11 is 0. The van der Waals surface area contributed by atoms with Crippen LogP contribution in [0.2, 0.25) is 0 Å². The smallest absolute Gasteiger partial charge is 0.337 e. The third kappa shape index (κ3) is 3.81. The molecule has 2 rings (SSSR count). The van der Waals surface area contributed by atoms with Crippen LogP contribution in [0.4, 0.5) is 0 Å². The Balaban J connectivity index is 1.85. The van der Waals surface area contributed by atoms with Crippen molar-refractivity contribution in [2.24, 2.45) is 0 Å². The van der Waals surface area contributed by atoms with Gasteiger partial charge in [0.25, 0.3) is 0 Å². The van der Waals surface area contributed by atoms with Gasteiger partial charge in [0.2, 0.25) is 5.88 Å². The van der Waals surface area contributed by atoms with Gasteiger partial charge in [-0.05, 0) is 23.8 Å². The van der Waals surface area contributed by atoms with Crippen LogP contribution in [0, 0.1) is 0 Å².